The van der Waals surface area contributed by atoms with Crippen molar-refractivity contribution in [2.24, 2.45) is 11.8 Å². The van der Waals surface area contributed by atoms with Crippen molar-refractivity contribution in [1.29, 1.82) is 0 Å². The zero-order valence-corrected chi connectivity index (χ0v) is 22.4. The van der Waals surface area contributed by atoms with Gasteiger partial charge in [-0.2, -0.15) is 0 Å². The van der Waals surface area contributed by atoms with Gasteiger partial charge in [0.15, 0.2) is 0 Å². The molecule has 1 aromatic carbocycles. The van der Waals surface area contributed by atoms with Crippen molar-refractivity contribution >= 4 is 51.6 Å². The third kappa shape index (κ3) is 6.88. The first kappa shape index (κ1) is 27.1. The maximum atomic E-state index is 15.6. The van der Waals surface area contributed by atoms with Crippen LogP contribution in [-0.4, -0.2) is 53.5 Å². The zero-order chi connectivity index (χ0) is 25.7. The summed E-state index contributed by atoms with van der Waals surface area (Å²) in [7, 11) is 1.56. The molecule has 0 radical (unpaired) electrons. The lowest BCUT2D eigenvalue weighted by Gasteiger charge is -2.38. The summed E-state index contributed by atoms with van der Waals surface area (Å²) in [5.41, 5.74) is 1.06. The summed E-state index contributed by atoms with van der Waals surface area (Å²) in [6.07, 6.45) is 1.92. The van der Waals surface area contributed by atoms with E-state index in [1.807, 2.05) is 0 Å². The number of halogens is 3. The quantitative estimate of drug-likeness (QED) is 0.255. The lowest BCUT2D eigenvalue weighted by atomic mass is 9.79. The third-order valence-electron chi connectivity index (χ3n) is 6.78. The number of piperidine rings is 1. The van der Waals surface area contributed by atoms with Gasteiger partial charge in [0.1, 0.15) is 17.7 Å². The third-order valence-corrected chi connectivity index (χ3v) is 9.21. The van der Waals surface area contributed by atoms with Crippen LogP contribution in [0.1, 0.15) is 37.4 Å². The zero-order valence-electron chi connectivity index (χ0n) is 20.0. The Hall–Kier alpha value is -1.94. The number of carboxylic acid groups (broad SMARTS) is 1. The van der Waals surface area contributed by atoms with Crippen LogP contribution < -0.4 is 4.74 Å². The van der Waals surface area contributed by atoms with Crippen molar-refractivity contribution in [2.75, 3.05) is 32.5 Å². The van der Waals surface area contributed by atoms with Gasteiger partial charge in [0, 0.05) is 47.8 Å². The Labute approximate surface area is 222 Å². The number of methoxy groups -OCH3 is 1. The second-order valence-corrected chi connectivity index (χ2v) is 11.8. The molecule has 3 heterocycles. The largest absolute Gasteiger partial charge is 0.497 e. The first-order valence-electron chi connectivity index (χ1n) is 11.9. The average Bonchev–Trinajstić information content (AvgIpc) is 3.27. The van der Waals surface area contributed by atoms with E-state index in [0.717, 1.165) is 29.5 Å². The molecule has 3 unspecified atom stereocenters. The van der Waals surface area contributed by atoms with Gasteiger partial charge in [-0.05, 0) is 61.9 Å². The standard InChI is InChI=1S/C26H29ClF2N2O3S2/c1-34-19-3-5-23-20(12-19)26(21(27)13-30-23)22(29)4-2-16-6-7-31(14-17(16)10-24(32)33)8-9-35-25-11-18(28)15-36-25/h3,5,11-13,15-17,22H,2,4,6-10,14H2,1H3,(H,32,33). The fraction of sp³-hybridized carbons (Fsp3) is 0.462. The summed E-state index contributed by atoms with van der Waals surface area (Å²) in [4.78, 5) is 18.1. The number of alkyl halides is 1. The molecule has 0 saturated carbocycles. The number of aliphatic carboxylic acids is 1. The van der Waals surface area contributed by atoms with Crippen molar-refractivity contribution in [3.8, 4) is 5.75 Å². The molecule has 1 N–H and O–H groups in total. The van der Waals surface area contributed by atoms with Crippen LogP contribution in [0.5, 0.6) is 5.75 Å². The Morgan fingerprint density at radius 1 is 1.39 bits per heavy atom. The monoisotopic (exact) mass is 554 g/mol. The van der Waals surface area contributed by atoms with E-state index in [2.05, 4.69) is 9.88 Å². The second-order valence-electron chi connectivity index (χ2n) is 9.09. The number of benzene rings is 1. The van der Waals surface area contributed by atoms with Crippen LogP contribution in [0.3, 0.4) is 0 Å². The van der Waals surface area contributed by atoms with E-state index >= 15 is 4.39 Å². The molecule has 194 valence electrons. The SMILES string of the molecule is COc1ccc2ncc(Cl)c(C(F)CCC3CCN(CCSc4cc(F)cs4)CC3CC(=O)O)c2c1. The minimum Gasteiger partial charge on any atom is -0.497 e. The summed E-state index contributed by atoms with van der Waals surface area (Å²) < 4.78 is 35.0. The van der Waals surface area contributed by atoms with Crippen LogP contribution in [0.15, 0.2) is 40.1 Å². The molecule has 1 aliphatic rings. The minimum atomic E-state index is -1.29. The molecule has 0 spiro atoms. The molecular weight excluding hydrogens is 526 g/mol. The number of hydrogen-bond acceptors (Lipinski definition) is 6. The van der Waals surface area contributed by atoms with E-state index < -0.39 is 12.1 Å². The predicted octanol–water partition coefficient (Wildman–Crippen LogP) is 7.09. The van der Waals surface area contributed by atoms with E-state index in [4.69, 9.17) is 16.3 Å². The minimum absolute atomic E-state index is 0.0441. The van der Waals surface area contributed by atoms with Crippen LogP contribution in [0.25, 0.3) is 10.9 Å². The molecule has 1 saturated heterocycles. The molecule has 3 atom stereocenters. The number of fused-ring (bicyclic) bond motifs is 1. The Bertz CT molecular complexity index is 1200. The summed E-state index contributed by atoms with van der Waals surface area (Å²) in [6, 6.07) is 6.86. The van der Waals surface area contributed by atoms with Crippen LogP contribution in [-0.2, 0) is 4.79 Å². The summed E-state index contributed by atoms with van der Waals surface area (Å²) in [5.74, 6) is 0.455. The van der Waals surface area contributed by atoms with E-state index in [0.29, 0.717) is 35.2 Å². The van der Waals surface area contributed by atoms with Gasteiger partial charge in [0.05, 0.1) is 21.9 Å². The smallest absolute Gasteiger partial charge is 0.303 e. The number of likely N-dealkylation sites (tertiary alicyclic amines) is 1. The van der Waals surface area contributed by atoms with Gasteiger partial charge < -0.3 is 14.7 Å². The molecule has 0 amide bonds. The Balaban J connectivity index is 1.38. The number of carbonyl (C=O) groups is 1. The average molecular weight is 555 g/mol. The van der Waals surface area contributed by atoms with Crippen molar-refractivity contribution in [3.63, 3.8) is 0 Å². The number of carboxylic acids is 1. The number of rotatable bonds is 11. The Kier molecular flexibility index (Phi) is 9.44. The highest BCUT2D eigenvalue weighted by Crippen LogP contribution is 2.39. The number of nitrogens with zero attached hydrogens (tertiary/aromatic N) is 2. The lowest BCUT2D eigenvalue weighted by molar-refractivity contribution is -0.139. The molecule has 4 rings (SSSR count). The molecule has 5 nitrogen and oxygen atoms in total. The highest BCUT2D eigenvalue weighted by atomic mass is 35.5. The van der Waals surface area contributed by atoms with Gasteiger partial charge in [-0.15, -0.1) is 23.1 Å². The fourth-order valence-electron chi connectivity index (χ4n) is 4.96. The highest BCUT2D eigenvalue weighted by molar-refractivity contribution is 8.01. The molecule has 36 heavy (non-hydrogen) atoms. The number of aromatic nitrogens is 1. The second kappa shape index (κ2) is 12.5. The summed E-state index contributed by atoms with van der Waals surface area (Å²) in [6.45, 7) is 2.32. The molecule has 0 bridgehead atoms. The maximum Gasteiger partial charge on any atom is 0.303 e. The van der Waals surface area contributed by atoms with E-state index in [9.17, 15) is 14.3 Å². The van der Waals surface area contributed by atoms with Gasteiger partial charge >= 0.3 is 5.97 Å². The molecule has 2 aromatic heterocycles. The molecule has 1 fully saturated rings. The van der Waals surface area contributed by atoms with Crippen LogP contribution in [0.2, 0.25) is 5.02 Å². The predicted molar refractivity (Wildman–Crippen MR) is 142 cm³/mol. The normalized spacial score (nSPS) is 19.4. The first-order chi connectivity index (χ1) is 17.3. The summed E-state index contributed by atoms with van der Waals surface area (Å²) in [5, 5.41) is 11.9. The van der Waals surface area contributed by atoms with Crippen LogP contribution >= 0.6 is 34.7 Å². The topological polar surface area (TPSA) is 62.7 Å². The first-order valence-corrected chi connectivity index (χ1v) is 14.2. The number of thioether (sulfide) groups is 1. The number of thiophene rings is 1. The van der Waals surface area contributed by atoms with Gasteiger partial charge in [-0.1, -0.05) is 11.6 Å². The Morgan fingerprint density at radius 3 is 2.94 bits per heavy atom. The molecule has 0 aliphatic carbocycles. The number of pyridine rings is 1. The van der Waals surface area contributed by atoms with Crippen LogP contribution in [0, 0.1) is 17.7 Å². The van der Waals surface area contributed by atoms with E-state index in [1.54, 1.807) is 37.1 Å². The number of hydrogen-bond donors (Lipinski definition) is 1. The van der Waals surface area contributed by atoms with Gasteiger partial charge in [0.2, 0.25) is 0 Å². The van der Waals surface area contributed by atoms with Crippen molar-refractivity contribution in [1.82, 2.24) is 9.88 Å². The van der Waals surface area contributed by atoms with Gasteiger partial charge in [-0.3, -0.25) is 9.78 Å². The maximum absolute atomic E-state index is 15.6. The van der Waals surface area contributed by atoms with Crippen molar-refractivity contribution in [2.45, 2.75) is 36.1 Å². The van der Waals surface area contributed by atoms with Crippen molar-refractivity contribution < 1.29 is 23.4 Å². The highest BCUT2D eigenvalue weighted by Gasteiger charge is 2.31. The van der Waals surface area contributed by atoms with E-state index in [1.165, 1.54) is 29.0 Å². The lowest BCUT2D eigenvalue weighted by Crippen LogP contribution is -2.42. The Morgan fingerprint density at radius 2 is 2.22 bits per heavy atom. The molecule has 3 aromatic rings. The van der Waals surface area contributed by atoms with Crippen molar-refractivity contribution in [3.05, 3.63) is 52.2 Å². The fourth-order valence-corrected chi connectivity index (χ4v) is 7.12. The molecule has 1 aliphatic heterocycles. The molecule has 10 heteroatoms. The van der Waals surface area contributed by atoms with Gasteiger partial charge in [-0.25, -0.2) is 8.78 Å². The van der Waals surface area contributed by atoms with Crippen LogP contribution in [0.4, 0.5) is 8.78 Å². The van der Waals surface area contributed by atoms with E-state index in [-0.39, 0.29) is 35.5 Å². The summed E-state index contributed by atoms with van der Waals surface area (Å²) >= 11 is 9.38. The van der Waals surface area contributed by atoms with Gasteiger partial charge in [0.25, 0.3) is 0 Å². The number of ether oxygens (including phenoxy) is 1. The molecular formula is C26H29ClF2N2O3S2.